The third-order valence-electron chi connectivity index (χ3n) is 2.20. The number of aliphatic carboxylic acids is 1. The van der Waals surface area contributed by atoms with Crippen LogP contribution in [0.1, 0.15) is 0 Å². The SMILES string of the molecule is O=C(O)CN[C@H]1CS(=O)(=O)C[C@H]1S(=O)(=O)O. The van der Waals surface area contributed by atoms with E-state index < -0.39 is 55.3 Å². The number of sulfone groups is 1. The summed E-state index contributed by atoms with van der Waals surface area (Å²) < 4.78 is 52.9. The molecule has 0 radical (unpaired) electrons. The molecule has 1 rings (SSSR count). The van der Waals surface area contributed by atoms with Crippen molar-refractivity contribution in [2.75, 3.05) is 18.1 Å². The summed E-state index contributed by atoms with van der Waals surface area (Å²) in [6.45, 7) is -0.563. The molecule has 3 N–H and O–H groups in total. The van der Waals surface area contributed by atoms with E-state index >= 15 is 0 Å². The predicted octanol–water partition coefficient (Wildman–Crippen LogP) is -2.29. The average Bonchev–Trinajstić information content (AvgIpc) is 2.37. The molecule has 0 spiro atoms. The summed E-state index contributed by atoms with van der Waals surface area (Å²) in [5.74, 6) is -2.42. The van der Waals surface area contributed by atoms with Gasteiger partial charge in [0.05, 0.1) is 18.1 Å². The van der Waals surface area contributed by atoms with Gasteiger partial charge < -0.3 is 10.4 Å². The first-order chi connectivity index (χ1) is 7.12. The zero-order chi connectivity index (χ0) is 12.6. The first kappa shape index (κ1) is 13.4. The van der Waals surface area contributed by atoms with E-state index in [-0.39, 0.29) is 0 Å². The molecule has 16 heavy (non-hydrogen) atoms. The van der Waals surface area contributed by atoms with Crippen LogP contribution in [0.3, 0.4) is 0 Å². The average molecular weight is 273 g/mol. The molecular formula is C6H11NO7S2. The Labute approximate surface area is 92.3 Å². The van der Waals surface area contributed by atoms with E-state index in [2.05, 4.69) is 5.32 Å². The van der Waals surface area contributed by atoms with Gasteiger partial charge in [-0.2, -0.15) is 8.42 Å². The minimum absolute atomic E-state index is 0.495. The summed E-state index contributed by atoms with van der Waals surface area (Å²) in [5.41, 5.74) is 0. The van der Waals surface area contributed by atoms with Crippen LogP contribution >= 0.6 is 0 Å². The summed E-state index contributed by atoms with van der Waals surface area (Å²) >= 11 is 0. The minimum Gasteiger partial charge on any atom is -0.480 e. The molecule has 0 aliphatic carbocycles. The van der Waals surface area contributed by atoms with Gasteiger partial charge in [-0.1, -0.05) is 0 Å². The van der Waals surface area contributed by atoms with Gasteiger partial charge in [-0.25, -0.2) is 8.42 Å². The highest BCUT2D eigenvalue weighted by molar-refractivity contribution is 7.94. The van der Waals surface area contributed by atoms with E-state index in [0.29, 0.717) is 0 Å². The molecule has 0 aromatic heterocycles. The van der Waals surface area contributed by atoms with E-state index in [0.717, 1.165) is 0 Å². The maximum absolute atomic E-state index is 11.2. The van der Waals surface area contributed by atoms with Crippen LogP contribution in [-0.2, 0) is 24.7 Å². The fraction of sp³-hybridized carbons (Fsp3) is 0.833. The first-order valence-corrected chi connectivity index (χ1v) is 7.56. The number of hydrogen-bond donors (Lipinski definition) is 3. The second-order valence-corrected chi connectivity index (χ2v) is 7.30. The Morgan fingerprint density at radius 2 is 1.94 bits per heavy atom. The monoisotopic (exact) mass is 273 g/mol. The first-order valence-electron chi connectivity index (χ1n) is 4.24. The number of nitrogens with one attached hydrogen (secondary N) is 1. The van der Waals surface area contributed by atoms with E-state index in [1.54, 1.807) is 0 Å². The van der Waals surface area contributed by atoms with Crippen molar-refractivity contribution in [3.8, 4) is 0 Å². The molecule has 1 saturated heterocycles. The van der Waals surface area contributed by atoms with Gasteiger partial charge in [0, 0.05) is 6.04 Å². The van der Waals surface area contributed by atoms with Crippen molar-refractivity contribution in [1.82, 2.24) is 5.32 Å². The van der Waals surface area contributed by atoms with Gasteiger partial charge in [0.1, 0.15) is 5.25 Å². The molecule has 2 atom stereocenters. The van der Waals surface area contributed by atoms with E-state index in [1.807, 2.05) is 0 Å². The van der Waals surface area contributed by atoms with Crippen LogP contribution in [0.5, 0.6) is 0 Å². The molecule has 0 aromatic carbocycles. The quantitative estimate of drug-likeness (QED) is 0.487. The van der Waals surface area contributed by atoms with E-state index in [9.17, 15) is 21.6 Å². The zero-order valence-corrected chi connectivity index (χ0v) is 9.66. The van der Waals surface area contributed by atoms with Crippen LogP contribution < -0.4 is 5.32 Å². The van der Waals surface area contributed by atoms with Crippen LogP contribution in [0.15, 0.2) is 0 Å². The van der Waals surface area contributed by atoms with Gasteiger partial charge in [-0.15, -0.1) is 0 Å². The molecule has 8 nitrogen and oxygen atoms in total. The molecular weight excluding hydrogens is 262 g/mol. The molecule has 0 amide bonds. The van der Waals surface area contributed by atoms with Gasteiger partial charge in [0.25, 0.3) is 10.1 Å². The molecule has 1 aliphatic heterocycles. The fourth-order valence-corrected chi connectivity index (χ4v) is 5.32. The lowest BCUT2D eigenvalue weighted by molar-refractivity contribution is -0.136. The standard InChI is InChI=1S/C6H11NO7S2/c8-6(9)1-7-4-2-15(10,11)3-5(4)16(12,13)14/h4-5,7H,1-3H2,(H,8,9)(H,12,13,14)/t4-,5+/m0/s1. The number of carbonyl (C=O) groups is 1. The lowest BCUT2D eigenvalue weighted by Crippen LogP contribution is -2.45. The van der Waals surface area contributed by atoms with Crippen molar-refractivity contribution in [2.45, 2.75) is 11.3 Å². The molecule has 94 valence electrons. The van der Waals surface area contributed by atoms with Crippen LogP contribution in [0, 0.1) is 0 Å². The zero-order valence-electron chi connectivity index (χ0n) is 8.03. The summed E-state index contributed by atoms with van der Waals surface area (Å²) in [5, 5.41) is 9.14. The summed E-state index contributed by atoms with van der Waals surface area (Å²) in [7, 11) is -8.08. The maximum atomic E-state index is 11.2. The normalized spacial score (nSPS) is 29.1. The summed E-state index contributed by atoms with van der Waals surface area (Å²) in [4.78, 5) is 10.2. The van der Waals surface area contributed by atoms with E-state index in [4.69, 9.17) is 9.66 Å². The highest BCUT2D eigenvalue weighted by Crippen LogP contribution is 2.18. The number of carboxylic acids is 1. The molecule has 1 heterocycles. The second kappa shape index (κ2) is 4.28. The molecule has 10 heteroatoms. The fourth-order valence-electron chi connectivity index (χ4n) is 1.52. The molecule has 1 aliphatic rings. The Balaban J connectivity index is 2.85. The van der Waals surface area contributed by atoms with Gasteiger partial charge in [-0.3, -0.25) is 9.35 Å². The van der Waals surface area contributed by atoms with Crippen LogP contribution in [0.4, 0.5) is 0 Å². The van der Waals surface area contributed by atoms with Gasteiger partial charge in [0.15, 0.2) is 9.84 Å². The molecule has 0 unspecified atom stereocenters. The maximum Gasteiger partial charge on any atom is 0.317 e. The number of rotatable bonds is 4. The predicted molar refractivity (Wildman–Crippen MR) is 53.4 cm³/mol. The third-order valence-corrected chi connectivity index (χ3v) is 5.40. The highest BCUT2D eigenvalue weighted by Gasteiger charge is 2.44. The van der Waals surface area contributed by atoms with Crippen molar-refractivity contribution in [2.24, 2.45) is 0 Å². The lowest BCUT2D eigenvalue weighted by atomic mass is 10.2. The minimum atomic E-state index is -4.51. The molecule has 0 aromatic rings. The smallest absolute Gasteiger partial charge is 0.317 e. The Bertz CT molecular complexity index is 479. The second-order valence-electron chi connectivity index (χ2n) is 3.51. The topological polar surface area (TPSA) is 138 Å². The Morgan fingerprint density at radius 1 is 1.38 bits per heavy atom. The molecule has 0 bridgehead atoms. The van der Waals surface area contributed by atoms with Crippen LogP contribution in [0.2, 0.25) is 0 Å². The number of hydrogen-bond acceptors (Lipinski definition) is 6. The Kier molecular flexibility index (Phi) is 3.57. The number of carboxylic acid groups (broad SMARTS) is 1. The van der Waals surface area contributed by atoms with Gasteiger partial charge in [-0.05, 0) is 0 Å². The lowest BCUT2D eigenvalue weighted by Gasteiger charge is -2.15. The highest BCUT2D eigenvalue weighted by atomic mass is 32.2. The van der Waals surface area contributed by atoms with Crippen molar-refractivity contribution < 1.29 is 31.3 Å². The largest absolute Gasteiger partial charge is 0.480 e. The van der Waals surface area contributed by atoms with Gasteiger partial charge in [0.2, 0.25) is 0 Å². The Morgan fingerprint density at radius 3 is 2.38 bits per heavy atom. The van der Waals surface area contributed by atoms with E-state index in [1.165, 1.54) is 0 Å². The summed E-state index contributed by atoms with van der Waals surface area (Å²) in [6, 6.07) is -1.09. The van der Waals surface area contributed by atoms with Gasteiger partial charge >= 0.3 is 5.97 Å². The van der Waals surface area contributed by atoms with Crippen LogP contribution in [0.25, 0.3) is 0 Å². The van der Waals surface area contributed by atoms with Crippen molar-refractivity contribution >= 4 is 25.9 Å². The molecule has 1 fully saturated rings. The van der Waals surface area contributed by atoms with Crippen molar-refractivity contribution in [1.29, 1.82) is 0 Å². The molecule has 0 saturated carbocycles. The van der Waals surface area contributed by atoms with Crippen LogP contribution in [-0.4, -0.2) is 61.8 Å². The van der Waals surface area contributed by atoms with Crippen molar-refractivity contribution in [3.05, 3.63) is 0 Å². The van der Waals surface area contributed by atoms with Crippen molar-refractivity contribution in [3.63, 3.8) is 0 Å². The third kappa shape index (κ3) is 3.40. The summed E-state index contributed by atoms with van der Waals surface area (Å²) in [6.07, 6.45) is 0. The Hall–Kier alpha value is -0.710.